The first-order valence-corrected chi connectivity index (χ1v) is 7.89. The molecule has 1 fully saturated rings. The van der Waals surface area contributed by atoms with Crippen molar-refractivity contribution in [2.24, 2.45) is 11.7 Å². The number of nitrogens with two attached hydrogens (primary N) is 1. The van der Waals surface area contributed by atoms with Gasteiger partial charge in [0.2, 0.25) is 0 Å². The summed E-state index contributed by atoms with van der Waals surface area (Å²) in [5, 5.41) is 12.2. The SMILES string of the molecule is CC1CCC(NC(=O)c2ccc(OCC(N)=O)cc2)(C(=O)O)CC1. The molecule has 130 valence electrons. The number of rotatable bonds is 6. The van der Waals surface area contributed by atoms with Crippen molar-refractivity contribution in [1.29, 1.82) is 0 Å². The fourth-order valence-electron chi connectivity index (χ4n) is 2.79. The molecule has 1 aliphatic rings. The maximum Gasteiger partial charge on any atom is 0.329 e. The van der Waals surface area contributed by atoms with E-state index < -0.39 is 23.3 Å². The van der Waals surface area contributed by atoms with E-state index in [1.54, 1.807) is 0 Å². The Labute approximate surface area is 140 Å². The Balaban J connectivity index is 2.05. The molecular weight excluding hydrogens is 312 g/mol. The van der Waals surface area contributed by atoms with Gasteiger partial charge >= 0.3 is 5.97 Å². The van der Waals surface area contributed by atoms with Crippen molar-refractivity contribution < 1.29 is 24.2 Å². The number of carboxylic acid groups (broad SMARTS) is 1. The van der Waals surface area contributed by atoms with Crippen LogP contribution in [0.25, 0.3) is 0 Å². The van der Waals surface area contributed by atoms with E-state index in [4.69, 9.17) is 10.5 Å². The number of carboxylic acids is 1. The quantitative estimate of drug-likeness (QED) is 0.725. The van der Waals surface area contributed by atoms with Crippen LogP contribution in [-0.2, 0) is 9.59 Å². The molecule has 0 saturated heterocycles. The van der Waals surface area contributed by atoms with E-state index in [2.05, 4.69) is 12.2 Å². The molecule has 24 heavy (non-hydrogen) atoms. The first kappa shape index (κ1) is 17.8. The van der Waals surface area contributed by atoms with Crippen molar-refractivity contribution in [2.75, 3.05) is 6.61 Å². The fraction of sp³-hybridized carbons (Fsp3) is 0.471. The van der Waals surface area contributed by atoms with E-state index in [0.29, 0.717) is 30.1 Å². The molecule has 1 saturated carbocycles. The van der Waals surface area contributed by atoms with Gasteiger partial charge in [-0.15, -0.1) is 0 Å². The Hall–Kier alpha value is -2.57. The van der Waals surface area contributed by atoms with Gasteiger partial charge in [-0.3, -0.25) is 9.59 Å². The van der Waals surface area contributed by atoms with Crippen molar-refractivity contribution in [3.8, 4) is 5.75 Å². The van der Waals surface area contributed by atoms with Crippen LogP contribution in [0.3, 0.4) is 0 Å². The first-order valence-electron chi connectivity index (χ1n) is 7.89. The molecular formula is C17H22N2O5. The molecule has 0 spiro atoms. The van der Waals surface area contributed by atoms with E-state index in [1.807, 2.05) is 0 Å². The average Bonchev–Trinajstić information content (AvgIpc) is 2.55. The van der Waals surface area contributed by atoms with Crippen LogP contribution in [0.5, 0.6) is 5.75 Å². The Morgan fingerprint density at radius 2 is 1.83 bits per heavy atom. The highest BCUT2D eigenvalue weighted by atomic mass is 16.5. The molecule has 1 aromatic carbocycles. The molecule has 4 N–H and O–H groups in total. The van der Waals surface area contributed by atoms with Gasteiger partial charge in [0.25, 0.3) is 11.8 Å². The molecule has 0 aliphatic heterocycles. The maximum absolute atomic E-state index is 12.4. The predicted octanol–water partition coefficient (Wildman–Crippen LogP) is 1.31. The minimum Gasteiger partial charge on any atom is -0.484 e. The molecule has 0 aromatic heterocycles. The minimum atomic E-state index is -1.20. The van der Waals surface area contributed by atoms with Crippen LogP contribution >= 0.6 is 0 Å². The van der Waals surface area contributed by atoms with Crippen LogP contribution in [0.2, 0.25) is 0 Å². The molecule has 2 rings (SSSR count). The highest BCUT2D eigenvalue weighted by Gasteiger charge is 2.42. The van der Waals surface area contributed by atoms with Crippen molar-refractivity contribution in [3.63, 3.8) is 0 Å². The van der Waals surface area contributed by atoms with Gasteiger partial charge in [-0.1, -0.05) is 6.92 Å². The zero-order valence-electron chi connectivity index (χ0n) is 13.6. The van der Waals surface area contributed by atoms with Crippen LogP contribution in [0.15, 0.2) is 24.3 Å². The molecule has 0 radical (unpaired) electrons. The summed E-state index contributed by atoms with van der Waals surface area (Å²) in [4.78, 5) is 34.7. The van der Waals surface area contributed by atoms with Crippen LogP contribution < -0.4 is 15.8 Å². The van der Waals surface area contributed by atoms with Crippen molar-refractivity contribution in [3.05, 3.63) is 29.8 Å². The lowest BCUT2D eigenvalue weighted by Gasteiger charge is -2.36. The van der Waals surface area contributed by atoms with Crippen molar-refractivity contribution in [1.82, 2.24) is 5.32 Å². The second-order valence-corrected chi connectivity index (χ2v) is 6.30. The van der Waals surface area contributed by atoms with Gasteiger partial charge in [-0.05, 0) is 55.9 Å². The number of amides is 2. The average molecular weight is 334 g/mol. The fourth-order valence-corrected chi connectivity index (χ4v) is 2.79. The summed E-state index contributed by atoms with van der Waals surface area (Å²) in [5.74, 6) is -1.15. The number of benzene rings is 1. The Kier molecular flexibility index (Phi) is 5.43. The van der Waals surface area contributed by atoms with E-state index in [9.17, 15) is 19.5 Å². The lowest BCUT2D eigenvalue weighted by atomic mass is 9.77. The third kappa shape index (κ3) is 4.24. The maximum atomic E-state index is 12.4. The summed E-state index contributed by atoms with van der Waals surface area (Å²) in [5.41, 5.74) is 4.12. The number of ether oxygens (including phenoxy) is 1. The number of carbonyl (C=O) groups is 3. The number of aliphatic carboxylic acids is 1. The zero-order valence-corrected chi connectivity index (χ0v) is 13.6. The molecule has 1 aliphatic carbocycles. The summed E-state index contributed by atoms with van der Waals surface area (Å²) in [6.45, 7) is 1.84. The van der Waals surface area contributed by atoms with Gasteiger partial charge in [0.15, 0.2) is 6.61 Å². The molecule has 7 nitrogen and oxygen atoms in total. The van der Waals surface area contributed by atoms with E-state index in [1.165, 1.54) is 24.3 Å². The lowest BCUT2D eigenvalue weighted by Crippen LogP contribution is -2.56. The smallest absolute Gasteiger partial charge is 0.329 e. The van der Waals surface area contributed by atoms with Gasteiger partial charge in [-0.2, -0.15) is 0 Å². The molecule has 1 aromatic rings. The topological polar surface area (TPSA) is 119 Å². The molecule has 7 heteroatoms. The summed E-state index contributed by atoms with van der Waals surface area (Å²) >= 11 is 0. The monoisotopic (exact) mass is 334 g/mol. The lowest BCUT2D eigenvalue weighted by molar-refractivity contribution is -0.146. The van der Waals surface area contributed by atoms with Crippen LogP contribution in [0.1, 0.15) is 43.0 Å². The van der Waals surface area contributed by atoms with Crippen molar-refractivity contribution >= 4 is 17.8 Å². The third-order valence-electron chi connectivity index (χ3n) is 4.39. The summed E-state index contributed by atoms with van der Waals surface area (Å²) < 4.78 is 5.12. The number of hydrogen-bond acceptors (Lipinski definition) is 4. The molecule has 0 atom stereocenters. The number of carbonyl (C=O) groups excluding carboxylic acids is 2. The molecule has 0 unspecified atom stereocenters. The largest absolute Gasteiger partial charge is 0.484 e. The number of nitrogens with one attached hydrogen (secondary N) is 1. The zero-order chi connectivity index (χ0) is 17.7. The van der Waals surface area contributed by atoms with Crippen LogP contribution in [0, 0.1) is 5.92 Å². The Morgan fingerprint density at radius 3 is 2.33 bits per heavy atom. The second kappa shape index (κ2) is 7.33. The summed E-state index contributed by atoms with van der Waals surface area (Å²) in [6.07, 6.45) is 2.39. The van der Waals surface area contributed by atoms with Gasteiger partial charge in [0.1, 0.15) is 11.3 Å². The Bertz CT molecular complexity index is 618. The van der Waals surface area contributed by atoms with Crippen LogP contribution in [0.4, 0.5) is 0 Å². The van der Waals surface area contributed by atoms with Gasteiger partial charge in [0.05, 0.1) is 0 Å². The van der Waals surface area contributed by atoms with Crippen molar-refractivity contribution in [2.45, 2.75) is 38.1 Å². The summed E-state index contributed by atoms with van der Waals surface area (Å²) in [6, 6.07) is 6.11. The standard InChI is InChI=1S/C17H22N2O5/c1-11-6-8-17(9-7-11,16(22)23)19-15(21)12-2-4-13(5-3-12)24-10-14(18)20/h2-5,11H,6-10H2,1H3,(H2,18,20)(H,19,21)(H,22,23). The second-order valence-electron chi connectivity index (χ2n) is 6.30. The molecule has 0 heterocycles. The predicted molar refractivity (Wildman–Crippen MR) is 86.6 cm³/mol. The summed E-state index contributed by atoms with van der Waals surface area (Å²) in [7, 11) is 0. The van der Waals surface area contributed by atoms with E-state index in [0.717, 1.165) is 12.8 Å². The number of primary amides is 1. The first-order chi connectivity index (χ1) is 11.3. The van der Waals surface area contributed by atoms with Crippen LogP contribution in [-0.4, -0.2) is 35.0 Å². The van der Waals surface area contributed by atoms with Gasteiger partial charge < -0.3 is 20.9 Å². The number of hydrogen-bond donors (Lipinski definition) is 3. The van der Waals surface area contributed by atoms with Gasteiger partial charge in [-0.25, -0.2) is 4.79 Å². The molecule has 2 amide bonds. The molecule has 0 bridgehead atoms. The highest BCUT2D eigenvalue weighted by Crippen LogP contribution is 2.32. The normalized spacial score (nSPS) is 23.3. The minimum absolute atomic E-state index is 0.244. The highest BCUT2D eigenvalue weighted by molar-refractivity contribution is 5.98. The van der Waals surface area contributed by atoms with E-state index >= 15 is 0 Å². The Morgan fingerprint density at radius 1 is 1.25 bits per heavy atom. The third-order valence-corrected chi connectivity index (χ3v) is 4.39. The van der Waals surface area contributed by atoms with E-state index in [-0.39, 0.29) is 6.61 Å². The van der Waals surface area contributed by atoms with Gasteiger partial charge in [0, 0.05) is 5.56 Å².